The zero-order chi connectivity index (χ0) is 19.1. The number of thiocarbonyl (C=S) groups is 1. The molecule has 4 nitrogen and oxygen atoms in total. The third-order valence-corrected chi connectivity index (χ3v) is 5.96. The highest BCUT2D eigenvalue weighted by molar-refractivity contribution is 8.27. The van der Waals surface area contributed by atoms with E-state index in [9.17, 15) is 9.59 Å². The molecule has 1 aliphatic rings. The lowest BCUT2D eigenvalue weighted by atomic mass is 10.1. The molecule has 4 rings (SSSR count). The second kappa shape index (κ2) is 6.79. The molecule has 3 aromatic rings. The lowest BCUT2D eigenvalue weighted by Gasteiger charge is -2.15. The van der Waals surface area contributed by atoms with Crippen molar-refractivity contribution in [3.63, 3.8) is 0 Å². The minimum atomic E-state index is -0.263. The van der Waals surface area contributed by atoms with Crippen molar-refractivity contribution < 1.29 is 9.59 Å². The Morgan fingerprint density at radius 3 is 2.70 bits per heavy atom. The van der Waals surface area contributed by atoms with Crippen molar-refractivity contribution in [1.29, 1.82) is 0 Å². The van der Waals surface area contributed by atoms with E-state index in [1.165, 1.54) is 11.0 Å². The number of benzene rings is 2. The van der Waals surface area contributed by atoms with E-state index in [0.717, 1.165) is 39.5 Å². The summed E-state index contributed by atoms with van der Waals surface area (Å²) >= 11 is 6.55. The second-order valence-corrected chi connectivity index (χ2v) is 8.07. The summed E-state index contributed by atoms with van der Waals surface area (Å²) in [6.07, 6.45) is 3.06. The maximum atomic E-state index is 12.9. The Labute approximate surface area is 166 Å². The molecule has 1 aromatic heterocycles. The minimum absolute atomic E-state index is 0.215. The van der Waals surface area contributed by atoms with Crippen molar-refractivity contribution in [2.45, 2.75) is 13.8 Å². The summed E-state index contributed by atoms with van der Waals surface area (Å²) in [4.78, 5) is 30.5. The number of aromatic nitrogens is 1. The number of fused-ring (bicyclic) bond motifs is 1. The third-order valence-electron chi connectivity index (χ3n) is 4.66. The average molecular weight is 393 g/mol. The van der Waals surface area contributed by atoms with Gasteiger partial charge in [0.15, 0.2) is 10.1 Å². The topological polar surface area (TPSA) is 53.2 Å². The molecule has 1 amide bonds. The number of aryl methyl sites for hydroxylation is 2. The molecule has 2 aromatic carbocycles. The SMILES string of the molecule is Cc1ccc(N2C(=O)/C(=C/C(=O)c3c[nH]c4ccccc34)SC2=S)cc1C. The van der Waals surface area contributed by atoms with Gasteiger partial charge in [-0.15, -0.1) is 0 Å². The van der Waals surface area contributed by atoms with Gasteiger partial charge >= 0.3 is 0 Å². The van der Waals surface area contributed by atoms with Crippen molar-refractivity contribution >= 4 is 56.6 Å². The van der Waals surface area contributed by atoms with E-state index in [0.29, 0.717) is 14.8 Å². The molecule has 1 saturated heterocycles. The summed E-state index contributed by atoms with van der Waals surface area (Å²) in [6.45, 7) is 4.01. The van der Waals surface area contributed by atoms with Gasteiger partial charge in [-0.25, -0.2) is 0 Å². The molecule has 1 N–H and O–H groups in total. The molecule has 27 heavy (non-hydrogen) atoms. The Kier molecular flexibility index (Phi) is 4.45. The van der Waals surface area contributed by atoms with E-state index < -0.39 is 0 Å². The molecule has 0 radical (unpaired) electrons. The first-order valence-corrected chi connectivity index (χ1v) is 9.64. The molecule has 6 heteroatoms. The average Bonchev–Trinajstić information content (AvgIpc) is 3.19. The smallest absolute Gasteiger partial charge is 0.270 e. The fourth-order valence-corrected chi connectivity index (χ4v) is 4.30. The van der Waals surface area contributed by atoms with Crippen LogP contribution in [-0.2, 0) is 4.79 Å². The number of aromatic amines is 1. The Hall–Kier alpha value is -2.70. The van der Waals surface area contributed by atoms with Gasteiger partial charge in [0.05, 0.1) is 10.6 Å². The molecule has 134 valence electrons. The molecule has 2 heterocycles. The second-order valence-electron chi connectivity index (χ2n) is 6.40. The number of anilines is 1. The first-order valence-electron chi connectivity index (χ1n) is 8.41. The first kappa shape index (κ1) is 17.7. The number of hydrogen-bond donors (Lipinski definition) is 1. The molecule has 1 fully saturated rings. The number of nitrogens with one attached hydrogen (secondary N) is 1. The van der Waals surface area contributed by atoms with E-state index in [4.69, 9.17) is 12.2 Å². The van der Waals surface area contributed by atoms with Crippen molar-refractivity contribution in [3.8, 4) is 0 Å². The molecule has 0 atom stereocenters. The Bertz CT molecular complexity index is 1140. The molecule has 0 unspecified atom stereocenters. The van der Waals surface area contributed by atoms with E-state index >= 15 is 0 Å². The van der Waals surface area contributed by atoms with Crippen LogP contribution in [0, 0.1) is 13.8 Å². The van der Waals surface area contributed by atoms with Gasteiger partial charge in [0, 0.05) is 28.7 Å². The largest absolute Gasteiger partial charge is 0.360 e. The standard InChI is InChI=1S/C21H16N2O2S2/c1-12-7-8-14(9-13(12)2)23-20(25)19(27-21(23)26)10-18(24)16-11-22-17-6-4-3-5-15(16)17/h3-11,22H,1-2H3/b19-10-. The van der Waals surface area contributed by atoms with E-state index in [1.54, 1.807) is 6.20 Å². The molecule has 0 saturated carbocycles. The number of carbonyl (C=O) groups excluding carboxylic acids is 2. The fourth-order valence-electron chi connectivity index (χ4n) is 3.03. The highest BCUT2D eigenvalue weighted by Crippen LogP contribution is 2.36. The van der Waals surface area contributed by atoms with Gasteiger partial charge in [0.25, 0.3) is 5.91 Å². The zero-order valence-electron chi connectivity index (χ0n) is 14.8. The van der Waals surface area contributed by atoms with Crippen molar-refractivity contribution in [3.05, 3.63) is 76.3 Å². The van der Waals surface area contributed by atoms with Crippen LogP contribution in [0.2, 0.25) is 0 Å². The molecule has 0 aliphatic carbocycles. The van der Waals surface area contributed by atoms with Crippen LogP contribution in [0.25, 0.3) is 10.9 Å². The molecule has 1 aliphatic heterocycles. The van der Waals surface area contributed by atoms with Crippen LogP contribution in [0.5, 0.6) is 0 Å². The number of H-pyrrole nitrogens is 1. The van der Waals surface area contributed by atoms with Gasteiger partial charge in [-0.2, -0.15) is 0 Å². The number of rotatable bonds is 3. The Balaban J connectivity index is 1.66. The number of ketones is 1. The van der Waals surface area contributed by atoms with Crippen LogP contribution >= 0.6 is 24.0 Å². The number of allylic oxidation sites excluding steroid dienone is 1. The summed E-state index contributed by atoms with van der Waals surface area (Å²) in [5, 5.41) is 0.836. The van der Waals surface area contributed by atoms with E-state index in [2.05, 4.69) is 4.98 Å². The predicted molar refractivity (Wildman–Crippen MR) is 114 cm³/mol. The first-order chi connectivity index (χ1) is 13.0. The number of para-hydroxylation sites is 1. The quantitative estimate of drug-likeness (QED) is 0.391. The minimum Gasteiger partial charge on any atom is -0.360 e. The fraction of sp³-hybridized carbons (Fsp3) is 0.0952. The molecular formula is C21H16N2O2S2. The zero-order valence-corrected chi connectivity index (χ0v) is 16.4. The Morgan fingerprint density at radius 2 is 1.93 bits per heavy atom. The van der Waals surface area contributed by atoms with Gasteiger partial charge in [0.1, 0.15) is 0 Å². The van der Waals surface area contributed by atoms with E-state index in [1.807, 2.05) is 56.3 Å². The number of nitrogens with zero attached hydrogens (tertiary/aromatic N) is 1. The van der Waals surface area contributed by atoms with Crippen molar-refractivity contribution in [2.75, 3.05) is 4.90 Å². The highest BCUT2D eigenvalue weighted by atomic mass is 32.2. The number of thioether (sulfide) groups is 1. The van der Waals surface area contributed by atoms with E-state index in [-0.39, 0.29) is 11.7 Å². The van der Waals surface area contributed by atoms with Gasteiger partial charge < -0.3 is 4.98 Å². The van der Waals surface area contributed by atoms with Crippen molar-refractivity contribution in [1.82, 2.24) is 4.98 Å². The predicted octanol–water partition coefficient (Wildman–Crippen LogP) is 4.92. The highest BCUT2D eigenvalue weighted by Gasteiger charge is 2.34. The van der Waals surface area contributed by atoms with Gasteiger partial charge in [-0.1, -0.05) is 48.2 Å². The maximum Gasteiger partial charge on any atom is 0.270 e. The van der Waals surface area contributed by atoms with Crippen LogP contribution in [0.4, 0.5) is 5.69 Å². The lowest BCUT2D eigenvalue weighted by Crippen LogP contribution is -2.27. The molecule has 0 bridgehead atoms. The number of carbonyl (C=O) groups is 2. The number of hydrogen-bond acceptors (Lipinski definition) is 4. The normalized spacial score (nSPS) is 15.9. The summed E-state index contributed by atoms with van der Waals surface area (Å²) in [5.41, 5.74) is 4.39. The van der Waals surface area contributed by atoms with Crippen LogP contribution in [-0.4, -0.2) is 21.0 Å². The van der Waals surface area contributed by atoms with Crippen LogP contribution in [0.1, 0.15) is 21.5 Å². The van der Waals surface area contributed by atoms with Gasteiger partial charge in [-0.05, 0) is 43.2 Å². The van der Waals surface area contributed by atoms with Crippen LogP contribution in [0.3, 0.4) is 0 Å². The van der Waals surface area contributed by atoms with Gasteiger partial charge in [-0.3, -0.25) is 14.5 Å². The van der Waals surface area contributed by atoms with Crippen molar-refractivity contribution in [2.24, 2.45) is 0 Å². The van der Waals surface area contributed by atoms with Gasteiger partial charge in [0.2, 0.25) is 0 Å². The lowest BCUT2D eigenvalue weighted by molar-refractivity contribution is -0.113. The third kappa shape index (κ3) is 3.11. The Morgan fingerprint density at radius 1 is 1.15 bits per heavy atom. The monoisotopic (exact) mass is 392 g/mol. The van der Waals surface area contributed by atoms with Crippen LogP contribution in [0.15, 0.2) is 59.6 Å². The molecule has 0 spiro atoms. The maximum absolute atomic E-state index is 12.9. The summed E-state index contributed by atoms with van der Waals surface area (Å²) in [6, 6.07) is 13.3. The molecular weight excluding hydrogens is 376 g/mol. The number of amides is 1. The summed E-state index contributed by atoms with van der Waals surface area (Å²) in [7, 11) is 0. The summed E-state index contributed by atoms with van der Waals surface area (Å²) in [5.74, 6) is -0.477. The van der Waals surface area contributed by atoms with Crippen LogP contribution < -0.4 is 4.90 Å². The summed E-state index contributed by atoms with van der Waals surface area (Å²) < 4.78 is 0.432.